The molecule has 0 fully saturated rings. The molecule has 0 nitrogen and oxygen atoms in total. The van der Waals surface area contributed by atoms with Gasteiger partial charge in [0.15, 0.2) is 0 Å². The van der Waals surface area contributed by atoms with E-state index in [-0.39, 0.29) is 5.82 Å². The van der Waals surface area contributed by atoms with Crippen LogP contribution in [0.3, 0.4) is 0 Å². The molecule has 1 rings (SSSR count). The number of hydrogen-bond donors (Lipinski definition) is 0. The fourth-order valence-corrected chi connectivity index (χ4v) is 1.96. The number of hydrogen-bond acceptors (Lipinski definition) is 0. The molecule has 0 bridgehead atoms. The summed E-state index contributed by atoms with van der Waals surface area (Å²) in [6.45, 7) is 3.82. The fraction of sp³-hybridized carbons (Fsp3) is 0.333. The normalized spacial score (nSPS) is 10.2. The molecule has 0 N–H and O–H groups in total. The van der Waals surface area contributed by atoms with Crippen molar-refractivity contribution in [2.24, 2.45) is 0 Å². The lowest BCUT2D eigenvalue weighted by Gasteiger charge is -2.03. The minimum absolute atomic E-state index is 0.0951. The molecule has 1 aromatic rings. The molecule has 0 aliphatic carbocycles. The van der Waals surface area contributed by atoms with Crippen LogP contribution in [0.2, 0.25) is 0 Å². The maximum Gasteiger partial charge on any atom is 0.126 e. The topological polar surface area (TPSA) is 0 Å². The summed E-state index contributed by atoms with van der Waals surface area (Å²) in [7, 11) is 0. The van der Waals surface area contributed by atoms with Gasteiger partial charge in [0.2, 0.25) is 0 Å². The summed E-state index contributed by atoms with van der Waals surface area (Å²) in [5.74, 6) is -0.0951. The zero-order chi connectivity index (χ0) is 8.43. The van der Waals surface area contributed by atoms with Crippen molar-refractivity contribution in [2.45, 2.75) is 20.3 Å². The Kier molecular flexibility index (Phi) is 2.87. The molecule has 11 heavy (non-hydrogen) atoms. The molecule has 0 aromatic heterocycles. The second-order valence-corrected chi connectivity index (χ2v) is 3.71. The van der Waals surface area contributed by atoms with Gasteiger partial charge in [-0.15, -0.1) is 0 Å². The van der Waals surface area contributed by atoms with Gasteiger partial charge < -0.3 is 0 Å². The van der Waals surface area contributed by atoms with Gasteiger partial charge in [0.1, 0.15) is 5.82 Å². The maximum atomic E-state index is 12.9. The van der Waals surface area contributed by atoms with Gasteiger partial charge in [-0.3, -0.25) is 0 Å². The van der Waals surface area contributed by atoms with Crippen molar-refractivity contribution < 1.29 is 4.39 Å². The van der Waals surface area contributed by atoms with Crippen LogP contribution in [0.4, 0.5) is 4.39 Å². The quantitative estimate of drug-likeness (QED) is 0.683. The largest absolute Gasteiger partial charge is 0.207 e. The Morgan fingerprint density at radius 3 is 2.64 bits per heavy atom. The molecule has 0 heterocycles. The van der Waals surface area contributed by atoms with Crippen molar-refractivity contribution in [1.29, 1.82) is 0 Å². The van der Waals surface area contributed by atoms with Crippen LogP contribution in [-0.2, 0) is 6.42 Å². The van der Waals surface area contributed by atoms with Gasteiger partial charge in [-0.25, -0.2) is 4.39 Å². The lowest BCUT2D eigenvalue weighted by atomic mass is 10.1. The van der Waals surface area contributed by atoms with E-state index in [1.165, 1.54) is 0 Å². The van der Waals surface area contributed by atoms with Gasteiger partial charge in [0, 0.05) is 3.57 Å². The number of benzene rings is 1. The molecular formula is C9H10FI. The first-order valence-corrected chi connectivity index (χ1v) is 4.67. The van der Waals surface area contributed by atoms with Crippen LogP contribution >= 0.6 is 22.6 Å². The van der Waals surface area contributed by atoms with E-state index in [2.05, 4.69) is 22.6 Å². The van der Waals surface area contributed by atoms with Gasteiger partial charge in [-0.2, -0.15) is 0 Å². The number of halogens is 2. The van der Waals surface area contributed by atoms with Gasteiger partial charge in [0.05, 0.1) is 0 Å². The molecule has 2 heteroatoms. The minimum atomic E-state index is -0.0951. The van der Waals surface area contributed by atoms with Gasteiger partial charge in [0.25, 0.3) is 0 Å². The van der Waals surface area contributed by atoms with Crippen LogP contribution in [0.5, 0.6) is 0 Å². The predicted molar refractivity (Wildman–Crippen MR) is 53.2 cm³/mol. The Labute approximate surface area is 80.0 Å². The van der Waals surface area contributed by atoms with Crippen LogP contribution in [-0.4, -0.2) is 0 Å². The summed E-state index contributed by atoms with van der Waals surface area (Å²) in [6.07, 6.45) is 0.898. The number of aryl methyl sites for hydroxylation is 2. The smallest absolute Gasteiger partial charge is 0.126 e. The number of rotatable bonds is 1. The first-order valence-electron chi connectivity index (χ1n) is 3.59. The lowest BCUT2D eigenvalue weighted by Crippen LogP contribution is -1.91. The highest BCUT2D eigenvalue weighted by atomic mass is 127. The van der Waals surface area contributed by atoms with E-state index in [0.717, 1.165) is 21.1 Å². The standard InChI is InChI=1S/C9H10FI/c1-3-7-5-8(10)6(2)4-9(7)11/h4-5H,3H2,1-2H3. The third-order valence-corrected chi connectivity index (χ3v) is 2.71. The van der Waals surface area contributed by atoms with E-state index >= 15 is 0 Å². The minimum Gasteiger partial charge on any atom is -0.207 e. The fourth-order valence-electron chi connectivity index (χ4n) is 0.958. The monoisotopic (exact) mass is 264 g/mol. The zero-order valence-corrected chi connectivity index (χ0v) is 8.78. The van der Waals surface area contributed by atoms with Crippen molar-refractivity contribution in [3.8, 4) is 0 Å². The molecule has 0 spiro atoms. The van der Waals surface area contributed by atoms with E-state index in [4.69, 9.17) is 0 Å². The molecule has 0 unspecified atom stereocenters. The summed E-state index contributed by atoms with van der Waals surface area (Å²) in [5, 5.41) is 0. The molecule has 0 saturated carbocycles. The van der Waals surface area contributed by atoms with Crippen LogP contribution in [0.15, 0.2) is 12.1 Å². The van der Waals surface area contributed by atoms with Gasteiger partial charge in [-0.1, -0.05) is 6.92 Å². The Bertz CT molecular complexity index is 269. The second kappa shape index (κ2) is 3.52. The highest BCUT2D eigenvalue weighted by molar-refractivity contribution is 14.1. The lowest BCUT2D eigenvalue weighted by molar-refractivity contribution is 0.616. The zero-order valence-electron chi connectivity index (χ0n) is 6.62. The molecule has 0 saturated heterocycles. The summed E-state index contributed by atoms with van der Waals surface area (Å²) < 4.78 is 14.1. The van der Waals surface area contributed by atoms with Crippen LogP contribution in [0.1, 0.15) is 18.1 Å². The SMILES string of the molecule is CCc1cc(F)c(C)cc1I. The van der Waals surface area contributed by atoms with E-state index in [9.17, 15) is 4.39 Å². The van der Waals surface area contributed by atoms with Crippen LogP contribution in [0, 0.1) is 16.3 Å². The molecule has 0 amide bonds. The molecule has 1 aromatic carbocycles. The average molecular weight is 264 g/mol. The molecular weight excluding hydrogens is 254 g/mol. The van der Waals surface area contributed by atoms with Crippen LogP contribution in [0.25, 0.3) is 0 Å². The molecule has 0 aliphatic rings. The van der Waals surface area contributed by atoms with Crippen molar-refractivity contribution in [2.75, 3.05) is 0 Å². The summed E-state index contributed by atoms with van der Waals surface area (Å²) in [6, 6.07) is 3.51. The third-order valence-electron chi connectivity index (χ3n) is 1.71. The van der Waals surface area contributed by atoms with E-state index in [1.54, 1.807) is 13.0 Å². The van der Waals surface area contributed by atoms with E-state index in [0.29, 0.717) is 0 Å². The third kappa shape index (κ3) is 1.92. The molecule has 0 atom stereocenters. The van der Waals surface area contributed by atoms with Crippen LogP contribution < -0.4 is 0 Å². The van der Waals surface area contributed by atoms with Crippen molar-refractivity contribution >= 4 is 22.6 Å². The highest BCUT2D eigenvalue weighted by Crippen LogP contribution is 2.17. The predicted octanol–water partition coefficient (Wildman–Crippen LogP) is 3.30. The Balaban J connectivity index is 3.21. The average Bonchev–Trinajstić information content (AvgIpc) is 1.97. The molecule has 60 valence electrons. The van der Waals surface area contributed by atoms with Gasteiger partial charge >= 0.3 is 0 Å². The molecule has 0 radical (unpaired) electrons. The summed E-state index contributed by atoms with van der Waals surface area (Å²) in [4.78, 5) is 0. The Hall–Kier alpha value is -0.120. The summed E-state index contributed by atoms with van der Waals surface area (Å²) in [5.41, 5.74) is 1.82. The Morgan fingerprint density at radius 2 is 2.09 bits per heavy atom. The maximum absolute atomic E-state index is 12.9. The second-order valence-electron chi connectivity index (χ2n) is 2.55. The van der Waals surface area contributed by atoms with Crippen molar-refractivity contribution in [1.82, 2.24) is 0 Å². The highest BCUT2D eigenvalue weighted by Gasteiger charge is 2.02. The van der Waals surface area contributed by atoms with E-state index < -0.39 is 0 Å². The first-order chi connectivity index (χ1) is 5.15. The van der Waals surface area contributed by atoms with E-state index in [1.807, 2.05) is 13.0 Å². The first kappa shape index (κ1) is 8.97. The van der Waals surface area contributed by atoms with Gasteiger partial charge in [-0.05, 0) is 59.2 Å². The Morgan fingerprint density at radius 1 is 1.45 bits per heavy atom. The molecule has 0 aliphatic heterocycles. The van der Waals surface area contributed by atoms with Crippen molar-refractivity contribution in [3.63, 3.8) is 0 Å². The summed E-state index contributed by atoms with van der Waals surface area (Å²) >= 11 is 2.24. The van der Waals surface area contributed by atoms with Crippen molar-refractivity contribution in [3.05, 3.63) is 32.6 Å².